The largest absolute Gasteiger partial charge is 0.324 e. The molecule has 1 saturated heterocycles. The molecule has 0 bridgehead atoms. The van der Waals surface area contributed by atoms with Crippen molar-refractivity contribution < 1.29 is 9.59 Å². The molecular weight excluding hydrogens is 424 g/mol. The van der Waals surface area contributed by atoms with Crippen molar-refractivity contribution in [3.05, 3.63) is 88.9 Å². The molecule has 0 radical (unpaired) electrons. The van der Waals surface area contributed by atoms with Crippen LogP contribution in [0.1, 0.15) is 17.5 Å². The lowest BCUT2D eigenvalue weighted by molar-refractivity contribution is 0.192. The summed E-state index contributed by atoms with van der Waals surface area (Å²) >= 11 is 6.30. The van der Waals surface area contributed by atoms with Crippen LogP contribution in [0.25, 0.3) is 0 Å². The Bertz CT molecular complexity index is 1120. The molecule has 32 heavy (non-hydrogen) atoms. The van der Waals surface area contributed by atoms with E-state index in [0.717, 1.165) is 17.5 Å². The lowest BCUT2D eigenvalue weighted by atomic mass is 10.1. The van der Waals surface area contributed by atoms with Gasteiger partial charge in [-0.1, -0.05) is 59.6 Å². The Morgan fingerprint density at radius 2 is 1.66 bits per heavy atom. The number of aryl methyl sites for hydroxylation is 1. The van der Waals surface area contributed by atoms with Crippen molar-refractivity contribution in [2.75, 3.05) is 28.6 Å². The molecule has 3 aromatic rings. The van der Waals surface area contributed by atoms with Crippen LogP contribution in [0.2, 0.25) is 5.02 Å². The molecule has 0 saturated carbocycles. The van der Waals surface area contributed by atoms with Gasteiger partial charge < -0.3 is 15.5 Å². The third kappa shape index (κ3) is 5.03. The van der Waals surface area contributed by atoms with Gasteiger partial charge in [0, 0.05) is 30.3 Å². The standard InChI is InChI=1S/C25H25ClN4O2/c1-18-11-13-20(14-12-18)27-24(31)28-22-9-4-5-10-23(22)30-16-6-15-29(25(30)32)17-19-7-2-3-8-21(19)26/h2-5,7-14H,6,15-17H2,1H3,(H2,27,28,31). The molecule has 1 aliphatic heterocycles. The lowest BCUT2D eigenvalue weighted by Gasteiger charge is -2.36. The zero-order chi connectivity index (χ0) is 22.5. The molecule has 0 atom stereocenters. The first-order valence-corrected chi connectivity index (χ1v) is 10.9. The Morgan fingerprint density at radius 3 is 2.44 bits per heavy atom. The van der Waals surface area contributed by atoms with Crippen molar-refractivity contribution in [1.29, 1.82) is 0 Å². The van der Waals surface area contributed by atoms with Crippen LogP contribution in [0.3, 0.4) is 0 Å². The molecule has 164 valence electrons. The van der Waals surface area contributed by atoms with E-state index >= 15 is 0 Å². The fourth-order valence-corrected chi connectivity index (χ4v) is 3.92. The number of carbonyl (C=O) groups excluding carboxylic acids is 2. The van der Waals surface area contributed by atoms with Crippen LogP contribution >= 0.6 is 11.6 Å². The number of hydrogen-bond acceptors (Lipinski definition) is 2. The van der Waals surface area contributed by atoms with Gasteiger partial charge in [-0.2, -0.15) is 0 Å². The second kappa shape index (κ2) is 9.75. The van der Waals surface area contributed by atoms with Crippen molar-refractivity contribution in [3.63, 3.8) is 0 Å². The fourth-order valence-electron chi connectivity index (χ4n) is 3.72. The highest BCUT2D eigenvalue weighted by Gasteiger charge is 2.28. The van der Waals surface area contributed by atoms with E-state index in [2.05, 4.69) is 10.6 Å². The van der Waals surface area contributed by atoms with E-state index in [0.29, 0.717) is 41.7 Å². The highest BCUT2D eigenvalue weighted by atomic mass is 35.5. The summed E-state index contributed by atoms with van der Waals surface area (Å²) in [6.07, 6.45) is 0.820. The van der Waals surface area contributed by atoms with Gasteiger partial charge in [0.25, 0.3) is 0 Å². The quantitative estimate of drug-likeness (QED) is 0.493. The molecule has 0 unspecified atom stereocenters. The number of nitrogens with zero attached hydrogens (tertiary/aromatic N) is 2. The Balaban J connectivity index is 1.49. The number of nitrogens with one attached hydrogen (secondary N) is 2. The van der Waals surface area contributed by atoms with E-state index in [1.807, 2.05) is 73.7 Å². The van der Waals surface area contributed by atoms with E-state index in [1.165, 1.54) is 0 Å². The van der Waals surface area contributed by atoms with Gasteiger partial charge in [-0.3, -0.25) is 4.90 Å². The second-order valence-electron chi connectivity index (χ2n) is 7.76. The molecule has 1 aliphatic rings. The summed E-state index contributed by atoms with van der Waals surface area (Å²) in [5, 5.41) is 6.36. The zero-order valence-electron chi connectivity index (χ0n) is 17.8. The molecular formula is C25H25ClN4O2. The Labute approximate surface area is 192 Å². The minimum absolute atomic E-state index is 0.107. The van der Waals surface area contributed by atoms with E-state index in [-0.39, 0.29) is 12.1 Å². The molecule has 3 aromatic carbocycles. The summed E-state index contributed by atoms with van der Waals surface area (Å²) in [7, 11) is 0. The molecule has 7 heteroatoms. The van der Waals surface area contributed by atoms with Crippen molar-refractivity contribution in [3.8, 4) is 0 Å². The van der Waals surface area contributed by atoms with Gasteiger partial charge in [0.2, 0.25) is 0 Å². The Morgan fingerprint density at radius 1 is 0.938 bits per heavy atom. The highest BCUT2D eigenvalue weighted by molar-refractivity contribution is 6.31. The summed E-state index contributed by atoms with van der Waals surface area (Å²) < 4.78 is 0. The highest BCUT2D eigenvalue weighted by Crippen LogP contribution is 2.30. The fraction of sp³-hybridized carbons (Fsp3) is 0.200. The van der Waals surface area contributed by atoms with Crippen LogP contribution in [-0.4, -0.2) is 30.1 Å². The first kappa shape index (κ1) is 21.7. The van der Waals surface area contributed by atoms with Crippen LogP contribution in [0, 0.1) is 6.92 Å². The normalized spacial score (nSPS) is 13.8. The van der Waals surface area contributed by atoms with Gasteiger partial charge >= 0.3 is 12.1 Å². The van der Waals surface area contributed by atoms with E-state index in [4.69, 9.17) is 11.6 Å². The predicted molar refractivity (Wildman–Crippen MR) is 129 cm³/mol. The van der Waals surface area contributed by atoms with Gasteiger partial charge in [-0.15, -0.1) is 0 Å². The van der Waals surface area contributed by atoms with E-state index < -0.39 is 0 Å². The topological polar surface area (TPSA) is 64.7 Å². The smallest absolute Gasteiger partial charge is 0.320 e. The first-order valence-electron chi connectivity index (χ1n) is 10.5. The van der Waals surface area contributed by atoms with Crippen molar-refractivity contribution in [2.45, 2.75) is 19.9 Å². The average molecular weight is 449 g/mol. The summed E-state index contributed by atoms with van der Waals surface area (Å²) in [6, 6.07) is 22.0. The zero-order valence-corrected chi connectivity index (χ0v) is 18.6. The number of anilines is 3. The first-order chi connectivity index (χ1) is 15.5. The number of carbonyl (C=O) groups is 2. The molecule has 6 nitrogen and oxygen atoms in total. The number of halogens is 1. The second-order valence-corrected chi connectivity index (χ2v) is 8.17. The number of urea groups is 2. The molecule has 1 heterocycles. The molecule has 2 N–H and O–H groups in total. The van der Waals surface area contributed by atoms with E-state index in [9.17, 15) is 9.59 Å². The summed E-state index contributed by atoms with van der Waals surface area (Å²) in [5.74, 6) is 0. The average Bonchev–Trinajstić information content (AvgIpc) is 2.79. The minimum Gasteiger partial charge on any atom is -0.320 e. The third-order valence-corrected chi connectivity index (χ3v) is 5.75. The van der Waals surface area contributed by atoms with Crippen LogP contribution < -0.4 is 15.5 Å². The number of hydrogen-bond donors (Lipinski definition) is 2. The van der Waals surface area contributed by atoms with Crippen molar-refractivity contribution >= 4 is 40.7 Å². The maximum absolute atomic E-state index is 13.3. The number of amides is 4. The van der Waals surface area contributed by atoms with Crippen molar-refractivity contribution in [1.82, 2.24) is 4.90 Å². The molecule has 4 amide bonds. The van der Waals surface area contributed by atoms with Crippen LogP contribution in [0.15, 0.2) is 72.8 Å². The lowest BCUT2D eigenvalue weighted by Crippen LogP contribution is -2.49. The third-order valence-electron chi connectivity index (χ3n) is 5.38. The molecule has 0 aromatic heterocycles. The number of benzene rings is 3. The molecule has 0 aliphatic carbocycles. The maximum atomic E-state index is 13.3. The Hall–Kier alpha value is -3.51. The number of para-hydroxylation sites is 2. The number of rotatable bonds is 5. The van der Waals surface area contributed by atoms with Gasteiger partial charge in [0.15, 0.2) is 0 Å². The Kier molecular flexibility index (Phi) is 6.61. The van der Waals surface area contributed by atoms with Crippen LogP contribution in [0.5, 0.6) is 0 Å². The van der Waals surface area contributed by atoms with Crippen molar-refractivity contribution in [2.24, 2.45) is 0 Å². The van der Waals surface area contributed by atoms with Gasteiger partial charge in [0.05, 0.1) is 11.4 Å². The van der Waals surface area contributed by atoms with E-state index in [1.54, 1.807) is 15.9 Å². The summed E-state index contributed by atoms with van der Waals surface area (Å²) in [4.78, 5) is 29.4. The molecule has 4 rings (SSSR count). The van der Waals surface area contributed by atoms with Gasteiger partial charge in [-0.05, 0) is 49.2 Å². The SMILES string of the molecule is Cc1ccc(NC(=O)Nc2ccccc2N2CCCN(Cc3ccccc3Cl)C2=O)cc1. The summed E-state index contributed by atoms with van der Waals surface area (Å²) in [5.41, 5.74) is 3.97. The molecule has 0 spiro atoms. The molecule has 1 fully saturated rings. The van der Waals surface area contributed by atoms with Crippen LogP contribution in [-0.2, 0) is 6.54 Å². The van der Waals surface area contributed by atoms with Crippen LogP contribution in [0.4, 0.5) is 26.7 Å². The minimum atomic E-state index is -0.362. The summed E-state index contributed by atoms with van der Waals surface area (Å²) in [6.45, 7) is 3.67. The van der Waals surface area contributed by atoms with Gasteiger partial charge in [-0.25, -0.2) is 9.59 Å². The monoisotopic (exact) mass is 448 g/mol. The van der Waals surface area contributed by atoms with Gasteiger partial charge in [0.1, 0.15) is 0 Å². The maximum Gasteiger partial charge on any atom is 0.324 e. The predicted octanol–water partition coefficient (Wildman–Crippen LogP) is 6.12.